The molecule has 0 bridgehead atoms. The largest absolute Gasteiger partial charge is 0.384 e. The summed E-state index contributed by atoms with van der Waals surface area (Å²) in [5.41, 5.74) is 11.0. The van der Waals surface area contributed by atoms with E-state index in [4.69, 9.17) is 11.5 Å². The summed E-state index contributed by atoms with van der Waals surface area (Å²) in [7, 11) is 0. The first kappa shape index (κ1) is 21.5. The van der Waals surface area contributed by atoms with E-state index in [1.54, 1.807) is 6.92 Å². The van der Waals surface area contributed by atoms with E-state index in [9.17, 15) is 19.2 Å². The van der Waals surface area contributed by atoms with Crippen molar-refractivity contribution in [2.75, 3.05) is 25.4 Å². The molecule has 9 heteroatoms. The first-order chi connectivity index (χ1) is 14.3. The molecule has 160 valence electrons. The third-order valence-corrected chi connectivity index (χ3v) is 5.60. The molecule has 0 spiro atoms. The lowest BCUT2D eigenvalue weighted by atomic mass is 9.96. The predicted octanol–water partition coefficient (Wildman–Crippen LogP) is 0.0404. The normalized spacial score (nSPS) is 15.2. The van der Waals surface area contributed by atoms with E-state index in [1.807, 2.05) is 35.2 Å². The van der Waals surface area contributed by atoms with Crippen LogP contribution >= 0.6 is 0 Å². The number of Topliss-reactive ketones (excluding diaryl/α,β-unsaturated/α-hetero) is 1. The molecular weight excluding hydrogens is 386 g/mol. The van der Waals surface area contributed by atoms with Crippen LogP contribution in [0.3, 0.4) is 0 Å². The number of carbonyl (C=O) groups is 2. The quantitative estimate of drug-likeness (QED) is 0.616. The maximum absolute atomic E-state index is 13.0. The average molecular weight is 413 g/mol. The van der Waals surface area contributed by atoms with Crippen molar-refractivity contribution in [3.63, 3.8) is 0 Å². The van der Waals surface area contributed by atoms with Gasteiger partial charge in [0.25, 0.3) is 5.56 Å². The van der Waals surface area contributed by atoms with Crippen molar-refractivity contribution < 1.29 is 9.59 Å². The van der Waals surface area contributed by atoms with E-state index >= 15 is 0 Å². The van der Waals surface area contributed by atoms with E-state index in [1.165, 1.54) is 4.57 Å². The Balaban J connectivity index is 1.91. The number of piperidine rings is 1. The Bertz CT molecular complexity index is 1050. The number of likely N-dealkylation sites (tertiary alicyclic amines) is 1. The maximum Gasteiger partial charge on any atom is 0.332 e. The number of rotatable bonds is 7. The molecule has 1 aliphatic rings. The molecule has 4 N–H and O–H groups in total. The zero-order chi connectivity index (χ0) is 21.8. The summed E-state index contributed by atoms with van der Waals surface area (Å²) in [5.74, 6) is -1.06. The maximum atomic E-state index is 13.0. The second kappa shape index (κ2) is 9.08. The number of amides is 1. The van der Waals surface area contributed by atoms with E-state index in [-0.39, 0.29) is 42.8 Å². The van der Waals surface area contributed by atoms with Crippen molar-refractivity contribution in [1.29, 1.82) is 0 Å². The van der Waals surface area contributed by atoms with Gasteiger partial charge in [0.1, 0.15) is 11.4 Å². The number of primary amides is 1. The molecule has 1 saturated heterocycles. The number of anilines is 1. The standard InChI is InChI=1S/C21H27N5O4/c1-2-25-20(29)17(16(27)13-24-10-8-15(9-11-24)19(23)28)18(22)26(21(25)30)12-14-6-4-3-5-7-14/h3-7,15H,2,8-13,22H2,1H3,(H2,23,28). The van der Waals surface area contributed by atoms with Crippen LogP contribution in [-0.2, 0) is 17.9 Å². The lowest BCUT2D eigenvalue weighted by Gasteiger charge is -2.29. The van der Waals surface area contributed by atoms with E-state index in [0.29, 0.717) is 25.9 Å². The van der Waals surface area contributed by atoms with Crippen molar-refractivity contribution in [3.05, 3.63) is 62.3 Å². The van der Waals surface area contributed by atoms with E-state index in [0.717, 1.165) is 10.1 Å². The van der Waals surface area contributed by atoms with Crippen LogP contribution in [0.15, 0.2) is 39.9 Å². The first-order valence-electron chi connectivity index (χ1n) is 10.0. The number of carbonyl (C=O) groups excluding carboxylic acids is 2. The fourth-order valence-electron chi connectivity index (χ4n) is 3.83. The molecule has 0 aliphatic carbocycles. The summed E-state index contributed by atoms with van der Waals surface area (Å²) in [4.78, 5) is 51.8. The Hall–Kier alpha value is -3.20. The Morgan fingerprint density at radius 2 is 1.70 bits per heavy atom. The number of nitrogen functional groups attached to an aromatic ring is 1. The molecule has 2 heterocycles. The zero-order valence-corrected chi connectivity index (χ0v) is 17.0. The number of benzene rings is 1. The van der Waals surface area contributed by atoms with Gasteiger partial charge in [0.05, 0.1) is 13.1 Å². The lowest BCUT2D eigenvalue weighted by molar-refractivity contribution is -0.123. The molecular formula is C21H27N5O4. The van der Waals surface area contributed by atoms with Crippen LogP contribution in [0.5, 0.6) is 0 Å². The van der Waals surface area contributed by atoms with Gasteiger partial charge in [0.15, 0.2) is 5.78 Å². The molecule has 30 heavy (non-hydrogen) atoms. The summed E-state index contributed by atoms with van der Waals surface area (Å²) in [6.07, 6.45) is 1.15. The minimum atomic E-state index is -0.665. The van der Waals surface area contributed by atoms with E-state index in [2.05, 4.69) is 0 Å². The number of hydrogen-bond donors (Lipinski definition) is 2. The highest BCUT2D eigenvalue weighted by molar-refractivity contribution is 6.01. The summed E-state index contributed by atoms with van der Waals surface area (Å²) in [6, 6.07) is 9.23. The smallest absolute Gasteiger partial charge is 0.332 e. The number of aromatic nitrogens is 2. The lowest BCUT2D eigenvalue weighted by Crippen LogP contribution is -2.46. The fraction of sp³-hybridized carbons (Fsp3) is 0.429. The third-order valence-electron chi connectivity index (χ3n) is 5.60. The van der Waals surface area contributed by atoms with Crippen molar-refractivity contribution in [1.82, 2.24) is 14.0 Å². The Kier molecular flexibility index (Phi) is 6.51. The van der Waals surface area contributed by atoms with Gasteiger partial charge in [0, 0.05) is 12.5 Å². The van der Waals surface area contributed by atoms with Gasteiger partial charge in [0.2, 0.25) is 5.91 Å². The molecule has 1 aromatic carbocycles. The molecule has 0 atom stereocenters. The van der Waals surface area contributed by atoms with Gasteiger partial charge in [-0.2, -0.15) is 0 Å². The molecule has 3 rings (SSSR count). The third kappa shape index (κ3) is 4.35. The highest BCUT2D eigenvalue weighted by atomic mass is 16.2. The van der Waals surface area contributed by atoms with Gasteiger partial charge < -0.3 is 11.5 Å². The second-order valence-electron chi connectivity index (χ2n) is 7.54. The Morgan fingerprint density at radius 1 is 1.07 bits per heavy atom. The monoisotopic (exact) mass is 413 g/mol. The van der Waals surface area contributed by atoms with Crippen LogP contribution in [-0.4, -0.2) is 45.4 Å². The minimum Gasteiger partial charge on any atom is -0.384 e. The second-order valence-corrected chi connectivity index (χ2v) is 7.54. The first-order valence-corrected chi connectivity index (χ1v) is 10.0. The van der Waals surface area contributed by atoms with Crippen LogP contribution in [0.1, 0.15) is 35.7 Å². The SMILES string of the molecule is CCn1c(=O)c(C(=O)CN2CCC(C(N)=O)CC2)c(N)n(Cc2ccccc2)c1=O. The van der Waals surface area contributed by atoms with Crippen LogP contribution < -0.4 is 22.7 Å². The summed E-state index contributed by atoms with van der Waals surface area (Å²) in [5, 5.41) is 0. The summed E-state index contributed by atoms with van der Waals surface area (Å²) >= 11 is 0. The van der Waals surface area contributed by atoms with Gasteiger partial charge in [-0.1, -0.05) is 30.3 Å². The molecule has 0 saturated carbocycles. The van der Waals surface area contributed by atoms with E-state index < -0.39 is 17.0 Å². The number of nitrogens with zero attached hydrogens (tertiary/aromatic N) is 3. The van der Waals surface area contributed by atoms with Gasteiger partial charge in [-0.15, -0.1) is 0 Å². The molecule has 0 radical (unpaired) electrons. The highest BCUT2D eigenvalue weighted by Crippen LogP contribution is 2.17. The number of hydrogen-bond acceptors (Lipinski definition) is 6. The number of nitrogens with two attached hydrogens (primary N) is 2. The molecule has 1 aliphatic heterocycles. The van der Waals surface area contributed by atoms with Crippen molar-refractivity contribution in [2.24, 2.45) is 11.7 Å². The van der Waals surface area contributed by atoms with Gasteiger partial charge in [-0.3, -0.25) is 28.4 Å². The van der Waals surface area contributed by atoms with Crippen LogP contribution in [0.2, 0.25) is 0 Å². The van der Waals surface area contributed by atoms with Crippen LogP contribution in [0.25, 0.3) is 0 Å². The molecule has 9 nitrogen and oxygen atoms in total. The van der Waals surface area contributed by atoms with Gasteiger partial charge in [-0.05, 0) is 38.4 Å². The van der Waals surface area contributed by atoms with Crippen molar-refractivity contribution in [3.8, 4) is 0 Å². The fourth-order valence-corrected chi connectivity index (χ4v) is 3.83. The average Bonchev–Trinajstić information content (AvgIpc) is 2.72. The van der Waals surface area contributed by atoms with Crippen LogP contribution in [0.4, 0.5) is 5.82 Å². The Morgan fingerprint density at radius 3 is 2.27 bits per heavy atom. The molecule has 1 amide bonds. The minimum absolute atomic E-state index is 0.00181. The van der Waals surface area contributed by atoms with Crippen LogP contribution in [0, 0.1) is 5.92 Å². The molecule has 1 aromatic heterocycles. The number of ketones is 1. The molecule has 0 unspecified atom stereocenters. The highest BCUT2D eigenvalue weighted by Gasteiger charge is 2.27. The predicted molar refractivity (Wildman–Crippen MR) is 113 cm³/mol. The van der Waals surface area contributed by atoms with Crippen molar-refractivity contribution >= 4 is 17.5 Å². The summed E-state index contributed by atoms with van der Waals surface area (Å²) in [6.45, 7) is 3.04. The summed E-state index contributed by atoms with van der Waals surface area (Å²) < 4.78 is 2.30. The van der Waals surface area contributed by atoms with Gasteiger partial charge in [-0.25, -0.2) is 4.79 Å². The van der Waals surface area contributed by atoms with Gasteiger partial charge >= 0.3 is 5.69 Å². The topological polar surface area (TPSA) is 133 Å². The molecule has 2 aromatic rings. The zero-order valence-electron chi connectivity index (χ0n) is 17.0. The van der Waals surface area contributed by atoms with Crippen molar-refractivity contribution in [2.45, 2.75) is 32.9 Å². The molecule has 1 fully saturated rings. The Labute approximate surface area is 173 Å².